The molecule has 6 heteroatoms. The zero-order valence-electron chi connectivity index (χ0n) is 22.1. The Morgan fingerprint density at radius 3 is 2.03 bits per heavy atom. The molecule has 0 spiro atoms. The molecule has 1 saturated carbocycles. The molecule has 2 N–H and O–H groups in total. The predicted octanol–water partition coefficient (Wildman–Crippen LogP) is 5.88. The highest BCUT2D eigenvalue weighted by Gasteiger charge is 2.34. The van der Waals surface area contributed by atoms with Crippen LogP contribution < -0.4 is 5.73 Å². The molecular formula is C31H38N2O3S. The summed E-state index contributed by atoms with van der Waals surface area (Å²) in [6.07, 6.45) is 3.45. The first kappa shape index (κ1) is 27.1. The molecule has 3 aromatic carbocycles. The molecule has 1 amide bonds. The van der Waals surface area contributed by atoms with Gasteiger partial charge in [-0.25, -0.2) is 8.42 Å². The van der Waals surface area contributed by atoms with Crippen molar-refractivity contribution in [2.75, 3.05) is 6.54 Å². The van der Waals surface area contributed by atoms with Crippen LogP contribution in [0.4, 0.5) is 0 Å². The third-order valence-corrected chi connectivity index (χ3v) is 9.39. The smallest absolute Gasteiger partial charge is 0.243 e. The highest BCUT2D eigenvalue weighted by atomic mass is 32.2. The maximum atomic E-state index is 13.9. The third-order valence-electron chi connectivity index (χ3n) is 7.60. The second-order valence-corrected chi connectivity index (χ2v) is 12.6. The van der Waals surface area contributed by atoms with E-state index in [1.165, 1.54) is 0 Å². The van der Waals surface area contributed by atoms with Gasteiger partial charge in [-0.3, -0.25) is 4.79 Å². The molecule has 0 heterocycles. The second-order valence-electron chi connectivity index (χ2n) is 10.7. The van der Waals surface area contributed by atoms with Crippen molar-refractivity contribution >= 4 is 15.9 Å². The molecule has 0 bridgehead atoms. The van der Waals surface area contributed by atoms with Gasteiger partial charge >= 0.3 is 0 Å². The number of nitrogens with zero attached hydrogens (tertiary/aromatic N) is 1. The molecule has 1 unspecified atom stereocenters. The lowest BCUT2D eigenvalue weighted by Gasteiger charge is -2.35. The van der Waals surface area contributed by atoms with Crippen molar-refractivity contribution in [3.63, 3.8) is 0 Å². The highest BCUT2D eigenvalue weighted by Crippen LogP contribution is 2.39. The Bertz CT molecular complexity index is 1290. The minimum Gasteiger partial charge on any atom is -0.369 e. The van der Waals surface area contributed by atoms with Crippen LogP contribution >= 0.6 is 0 Å². The van der Waals surface area contributed by atoms with Crippen molar-refractivity contribution in [2.45, 2.75) is 63.8 Å². The van der Waals surface area contributed by atoms with Crippen molar-refractivity contribution in [3.8, 4) is 0 Å². The summed E-state index contributed by atoms with van der Waals surface area (Å²) in [6.45, 7) is 6.68. The molecule has 0 aromatic heterocycles. The zero-order valence-corrected chi connectivity index (χ0v) is 22.9. The minimum absolute atomic E-state index is 0.176. The van der Waals surface area contributed by atoms with E-state index in [0.717, 1.165) is 53.5 Å². The molecule has 5 nitrogen and oxygen atoms in total. The van der Waals surface area contributed by atoms with Crippen LogP contribution in [0.15, 0.2) is 77.7 Å². The average molecular weight is 519 g/mol. The van der Waals surface area contributed by atoms with Crippen LogP contribution in [-0.4, -0.2) is 25.2 Å². The van der Waals surface area contributed by atoms with Gasteiger partial charge in [0.15, 0.2) is 0 Å². The van der Waals surface area contributed by atoms with Crippen LogP contribution in [0.5, 0.6) is 0 Å². The number of carbonyl (C=O) groups excluding carboxylic acids is 1. The van der Waals surface area contributed by atoms with Gasteiger partial charge in [0.25, 0.3) is 0 Å². The standard InChI is InChI=1S/C31H38N2O3S/c1-22-9-13-27(14-10-22)30(31(32)34)28-15-11-26(12-16-28)21-33(20-25-7-5-4-6-8-25)37(35,36)29-18-23(2)17-24(3)19-29/h4-10,13-14,17-19,26,28,30H,11-12,15-16,20-21H2,1-3H3,(H2,32,34). The van der Waals surface area contributed by atoms with Crippen molar-refractivity contribution in [1.29, 1.82) is 0 Å². The molecular weight excluding hydrogens is 480 g/mol. The van der Waals surface area contributed by atoms with E-state index in [9.17, 15) is 13.2 Å². The molecule has 0 saturated heterocycles. The van der Waals surface area contributed by atoms with Crippen LogP contribution in [0, 0.1) is 32.6 Å². The summed E-state index contributed by atoms with van der Waals surface area (Å²) in [5.41, 5.74) is 10.8. The Hall–Kier alpha value is -2.96. The first-order valence-corrected chi connectivity index (χ1v) is 14.6. The van der Waals surface area contributed by atoms with Gasteiger partial charge in [-0.1, -0.05) is 66.2 Å². The maximum Gasteiger partial charge on any atom is 0.243 e. The van der Waals surface area contributed by atoms with E-state index < -0.39 is 10.0 Å². The number of aryl methyl sites for hydroxylation is 3. The number of hydrogen-bond donors (Lipinski definition) is 1. The van der Waals surface area contributed by atoms with Crippen molar-refractivity contribution in [1.82, 2.24) is 4.31 Å². The fourth-order valence-electron chi connectivity index (χ4n) is 5.70. The Labute approximate surface area is 221 Å². The molecule has 4 rings (SSSR count). The summed E-state index contributed by atoms with van der Waals surface area (Å²) in [7, 11) is -3.67. The van der Waals surface area contributed by atoms with E-state index in [1.54, 1.807) is 16.4 Å². The number of carbonyl (C=O) groups is 1. The fraction of sp³-hybridized carbons (Fsp3) is 0.387. The Kier molecular flexibility index (Phi) is 8.50. The summed E-state index contributed by atoms with van der Waals surface area (Å²) in [4.78, 5) is 12.8. The van der Waals surface area contributed by atoms with Gasteiger partial charge in [0.2, 0.25) is 15.9 Å². The second kappa shape index (κ2) is 11.6. The molecule has 196 valence electrons. The number of rotatable bonds is 9. The average Bonchev–Trinajstić information content (AvgIpc) is 2.86. The molecule has 1 aliphatic carbocycles. The lowest BCUT2D eigenvalue weighted by Crippen LogP contribution is -2.37. The van der Waals surface area contributed by atoms with E-state index >= 15 is 0 Å². The monoisotopic (exact) mass is 518 g/mol. The molecule has 1 atom stereocenters. The Balaban J connectivity index is 1.52. The molecule has 3 aromatic rings. The van der Waals surface area contributed by atoms with Crippen LogP contribution in [-0.2, 0) is 21.4 Å². The summed E-state index contributed by atoms with van der Waals surface area (Å²) in [5.74, 6) is -0.182. The van der Waals surface area contributed by atoms with E-state index in [4.69, 9.17) is 5.73 Å². The maximum absolute atomic E-state index is 13.9. The van der Waals surface area contributed by atoms with Crippen molar-refractivity contribution < 1.29 is 13.2 Å². The van der Waals surface area contributed by atoms with Gasteiger partial charge in [-0.05, 0) is 92.7 Å². The van der Waals surface area contributed by atoms with Crippen LogP contribution in [0.2, 0.25) is 0 Å². The van der Waals surface area contributed by atoms with Gasteiger partial charge in [-0.15, -0.1) is 0 Å². The van der Waals surface area contributed by atoms with Gasteiger partial charge in [0.05, 0.1) is 10.8 Å². The minimum atomic E-state index is -3.67. The number of hydrogen-bond acceptors (Lipinski definition) is 3. The number of primary amides is 1. The molecule has 1 aliphatic rings. The molecule has 0 radical (unpaired) electrons. The van der Waals surface area contributed by atoms with Gasteiger partial charge in [0.1, 0.15) is 0 Å². The van der Waals surface area contributed by atoms with E-state index in [0.29, 0.717) is 18.0 Å². The number of sulfonamides is 1. The zero-order chi connectivity index (χ0) is 26.6. The normalized spacial score (nSPS) is 19.0. The molecule has 1 fully saturated rings. The summed E-state index contributed by atoms with van der Waals surface area (Å²) in [5, 5.41) is 0. The Morgan fingerprint density at radius 1 is 0.865 bits per heavy atom. The first-order chi connectivity index (χ1) is 17.6. The lowest BCUT2D eigenvalue weighted by atomic mass is 9.73. The van der Waals surface area contributed by atoms with Gasteiger partial charge < -0.3 is 5.73 Å². The number of nitrogens with two attached hydrogens (primary N) is 1. The van der Waals surface area contributed by atoms with E-state index in [1.807, 2.05) is 81.4 Å². The number of amides is 1. The Morgan fingerprint density at radius 2 is 1.46 bits per heavy atom. The third kappa shape index (κ3) is 6.68. The lowest BCUT2D eigenvalue weighted by molar-refractivity contribution is -0.121. The van der Waals surface area contributed by atoms with E-state index in [2.05, 4.69) is 0 Å². The van der Waals surface area contributed by atoms with Crippen LogP contribution in [0.3, 0.4) is 0 Å². The fourth-order valence-corrected chi connectivity index (χ4v) is 7.39. The largest absolute Gasteiger partial charge is 0.369 e. The van der Waals surface area contributed by atoms with Crippen molar-refractivity contribution in [2.24, 2.45) is 17.6 Å². The summed E-state index contributed by atoms with van der Waals surface area (Å²) < 4.78 is 29.4. The highest BCUT2D eigenvalue weighted by molar-refractivity contribution is 7.89. The molecule has 0 aliphatic heterocycles. The van der Waals surface area contributed by atoms with Crippen molar-refractivity contribution in [3.05, 3.63) is 101 Å². The topological polar surface area (TPSA) is 80.5 Å². The SMILES string of the molecule is Cc1ccc(C(C(N)=O)C2CCC(CN(Cc3ccccc3)S(=O)(=O)c3cc(C)cc(C)c3)CC2)cc1. The van der Waals surface area contributed by atoms with Crippen LogP contribution in [0.25, 0.3) is 0 Å². The van der Waals surface area contributed by atoms with Gasteiger partial charge in [0, 0.05) is 13.1 Å². The summed E-state index contributed by atoms with van der Waals surface area (Å²) in [6, 6.07) is 23.3. The summed E-state index contributed by atoms with van der Waals surface area (Å²) >= 11 is 0. The van der Waals surface area contributed by atoms with Gasteiger partial charge in [-0.2, -0.15) is 4.31 Å². The van der Waals surface area contributed by atoms with E-state index in [-0.39, 0.29) is 23.7 Å². The first-order valence-electron chi connectivity index (χ1n) is 13.1. The predicted molar refractivity (Wildman–Crippen MR) is 149 cm³/mol. The van der Waals surface area contributed by atoms with Crippen LogP contribution in [0.1, 0.15) is 59.4 Å². The molecule has 37 heavy (non-hydrogen) atoms. The number of benzene rings is 3. The quantitative estimate of drug-likeness (QED) is 0.384.